The molecule has 0 aromatic carbocycles. The highest BCUT2D eigenvalue weighted by atomic mass is 32.1. The van der Waals surface area contributed by atoms with Crippen LogP contribution in [0.2, 0.25) is 0 Å². The Bertz CT molecular complexity index is 456. The van der Waals surface area contributed by atoms with Gasteiger partial charge in [0.1, 0.15) is 0 Å². The second-order valence-electron chi connectivity index (χ2n) is 4.77. The van der Waals surface area contributed by atoms with E-state index in [1.165, 1.54) is 4.88 Å². The monoisotopic (exact) mass is 289 g/mol. The van der Waals surface area contributed by atoms with Crippen molar-refractivity contribution in [2.75, 3.05) is 26.2 Å². The normalized spacial score (nSPS) is 11.1. The third kappa shape index (κ3) is 5.41. The fourth-order valence-corrected chi connectivity index (χ4v) is 2.81. The quantitative estimate of drug-likeness (QED) is 0.720. The van der Waals surface area contributed by atoms with Crippen molar-refractivity contribution in [2.45, 2.75) is 19.9 Å². The Labute approximate surface area is 125 Å². The SMILES string of the molecule is CCN(CCNCCc1cccs1)Cc1ccccn1. The summed E-state index contributed by atoms with van der Waals surface area (Å²) in [4.78, 5) is 8.26. The number of aromatic nitrogens is 1. The van der Waals surface area contributed by atoms with E-state index in [1.54, 1.807) is 0 Å². The van der Waals surface area contributed by atoms with Gasteiger partial charge >= 0.3 is 0 Å². The van der Waals surface area contributed by atoms with Gasteiger partial charge in [-0.05, 0) is 36.5 Å². The van der Waals surface area contributed by atoms with Gasteiger partial charge < -0.3 is 5.32 Å². The average molecular weight is 289 g/mol. The van der Waals surface area contributed by atoms with Crippen LogP contribution in [0.25, 0.3) is 0 Å². The van der Waals surface area contributed by atoms with Gasteiger partial charge in [-0.2, -0.15) is 0 Å². The lowest BCUT2D eigenvalue weighted by atomic mass is 10.3. The minimum atomic E-state index is 0.934. The highest BCUT2D eigenvalue weighted by Crippen LogP contribution is 2.08. The van der Waals surface area contributed by atoms with Gasteiger partial charge in [-0.25, -0.2) is 0 Å². The smallest absolute Gasteiger partial charge is 0.0543 e. The molecular weight excluding hydrogens is 266 g/mol. The molecule has 2 rings (SSSR count). The second kappa shape index (κ2) is 8.84. The van der Waals surface area contributed by atoms with Crippen LogP contribution >= 0.6 is 11.3 Å². The molecule has 0 spiro atoms. The maximum Gasteiger partial charge on any atom is 0.0543 e. The topological polar surface area (TPSA) is 28.2 Å². The average Bonchev–Trinajstić information content (AvgIpc) is 3.00. The molecule has 1 N–H and O–H groups in total. The first kappa shape index (κ1) is 15.2. The zero-order chi connectivity index (χ0) is 14.0. The Kier molecular flexibility index (Phi) is 6.71. The van der Waals surface area contributed by atoms with Gasteiger partial charge in [0.25, 0.3) is 0 Å². The zero-order valence-corrected chi connectivity index (χ0v) is 12.9. The zero-order valence-electron chi connectivity index (χ0n) is 12.1. The van der Waals surface area contributed by atoms with E-state index < -0.39 is 0 Å². The molecule has 0 atom stereocenters. The molecule has 2 heterocycles. The summed E-state index contributed by atoms with van der Waals surface area (Å²) >= 11 is 1.83. The predicted octanol–water partition coefficient (Wildman–Crippen LogP) is 2.80. The molecule has 4 heteroatoms. The first-order valence-corrected chi connectivity index (χ1v) is 8.12. The second-order valence-corrected chi connectivity index (χ2v) is 5.80. The van der Waals surface area contributed by atoms with Crippen molar-refractivity contribution in [3.05, 3.63) is 52.5 Å². The van der Waals surface area contributed by atoms with E-state index in [9.17, 15) is 0 Å². The highest BCUT2D eigenvalue weighted by Gasteiger charge is 2.03. The number of hydrogen-bond donors (Lipinski definition) is 1. The van der Waals surface area contributed by atoms with Gasteiger partial charge in [-0.3, -0.25) is 9.88 Å². The fraction of sp³-hybridized carbons (Fsp3) is 0.438. The Hall–Kier alpha value is -1.23. The van der Waals surface area contributed by atoms with E-state index in [4.69, 9.17) is 0 Å². The van der Waals surface area contributed by atoms with Crippen molar-refractivity contribution < 1.29 is 0 Å². The minimum Gasteiger partial charge on any atom is -0.315 e. The molecule has 0 saturated heterocycles. The van der Waals surface area contributed by atoms with E-state index in [2.05, 4.69) is 51.8 Å². The summed E-state index contributed by atoms with van der Waals surface area (Å²) in [6.45, 7) is 7.35. The largest absolute Gasteiger partial charge is 0.315 e. The predicted molar refractivity (Wildman–Crippen MR) is 86.1 cm³/mol. The molecule has 0 bridgehead atoms. The van der Waals surface area contributed by atoms with Crippen LogP contribution in [0.4, 0.5) is 0 Å². The van der Waals surface area contributed by atoms with Crippen LogP contribution < -0.4 is 5.32 Å². The van der Waals surface area contributed by atoms with Gasteiger partial charge in [0.05, 0.1) is 5.69 Å². The molecule has 0 unspecified atom stereocenters. The van der Waals surface area contributed by atoms with Crippen LogP contribution in [0.15, 0.2) is 41.9 Å². The summed E-state index contributed by atoms with van der Waals surface area (Å²) in [5, 5.41) is 5.66. The van der Waals surface area contributed by atoms with Crippen LogP contribution in [0, 0.1) is 0 Å². The van der Waals surface area contributed by atoms with Gasteiger partial charge in [-0.1, -0.05) is 19.1 Å². The maximum atomic E-state index is 4.38. The van der Waals surface area contributed by atoms with Gasteiger partial charge in [0.2, 0.25) is 0 Å². The first-order valence-electron chi connectivity index (χ1n) is 7.24. The molecule has 2 aromatic rings. The summed E-state index contributed by atoms with van der Waals surface area (Å²) in [5.41, 5.74) is 1.15. The third-order valence-electron chi connectivity index (χ3n) is 3.29. The van der Waals surface area contributed by atoms with Crippen molar-refractivity contribution in [3.8, 4) is 0 Å². The summed E-state index contributed by atoms with van der Waals surface area (Å²) < 4.78 is 0. The molecule has 0 radical (unpaired) electrons. The van der Waals surface area contributed by atoms with Gasteiger partial charge in [-0.15, -0.1) is 11.3 Å². The molecule has 0 aliphatic rings. The summed E-state index contributed by atoms with van der Waals surface area (Å²) in [6, 6.07) is 10.4. The van der Waals surface area contributed by atoms with Crippen molar-refractivity contribution in [1.29, 1.82) is 0 Å². The van der Waals surface area contributed by atoms with Crippen LogP contribution in [0.3, 0.4) is 0 Å². The summed E-state index contributed by atoms with van der Waals surface area (Å²) in [6.07, 6.45) is 2.99. The fourth-order valence-electron chi connectivity index (χ4n) is 2.10. The van der Waals surface area contributed by atoms with E-state index >= 15 is 0 Å². The van der Waals surface area contributed by atoms with Crippen molar-refractivity contribution in [3.63, 3.8) is 0 Å². The number of nitrogens with one attached hydrogen (secondary N) is 1. The number of likely N-dealkylation sites (N-methyl/N-ethyl adjacent to an activating group) is 1. The van der Waals surface area contributed by atoms with E-state index in [0.717, 1.165) is 44.8 Å². The van der Waals surface area contributed by atoms with Gasteiger partial charge in [0.15, 0.2) is 0 Å². The number of nitrogens with zero attached hydrogens (tertiary/aromatic N) is 2. The van der Waals surface area contributed by atoms with Crippen LogP contribution in [-0.4, -0.2) is 36.1 Å². The molecule has 20 heavy (non-hydrogen) atoms. The van der Waals surface area contributed by atoms with E-state index in [1.807, 2.05) is 23.6 Å². The number of rotatable bonds is 9. The number of thiophene rings is 1. The molecule has 108 valence electrons. The molecule has 0 saturated carbocycles. The lowest BCUT2D eigenvalue weighted by Gasteiger charge is -2.20. The Balaban J connectivity index is 1.61. The Morgan fingerprint density at radius 1 is 1.20 bits per heavy atom. The van der Waals surface area contributed by atoms with Gasteiger partial charge in [0, 0.05) is 37.3 Å². The number of pyridine rings is 1. The molecular formula is C16H23N3S. The molecule has 0 aliphatic carbocycles. The third-order valence-corrected chi connectivity index (χ3v) is 4.23. The van der Waals surface area contributed by atoms with E-state index in [0.29, 0.717) is 0 Å². The lowest BCUT2D eigenvalue weighted by molar-refractivity contribution is 0.276. The Morgan fingerprint density at radius 2 is 2.15 bits per heavy atom. The lowest BCUT2D eigenvalue weighted by Crippen LogP contribution is -2.32. The highest BCUT2D eigenvalue weighted by molar-refractivity contribution is 7.09. The van der Waals surface area contributed by atoms with Crippen LogP contribution in [0.5, 0.6) is 0 Å². The van der Waals surface area contributed by atoms with Crippen LogP contribution in [0.1, 0.15) is 17.5 Å². The maximum absolute atomic E-state index is 4.38. The van der Waals surface area contributed by atoms with Crippen LogP contribution in [-0.2, 0) is 13.0 Å². The molecule has 3 nitrogen and oxygen atoms in total. The molecule has 0 aliphatic heterocycles. The molecule has 0 fully saturated rings. The van der Waals surface area contributed by atoms with Crippen molar-refractivity contribution >= 4 is 11.3 Å². The summed E-state index contributed by atoms with van der Waals surface area (Å²) in [5.74, 6) is 0. The Morgan fingerprint density at radius 3 is 2.85 bits per heavy atom. The standard InChI is InChI=1S/C16H23N3S/c1-2-19(14-15-6-3-4-9-18-15)12-11-17-10-8-16-7-5-13-20-16/h3-7,9,13,17H,2,8,10-12,14H2,1H3. The van der Waals surface area contributed by atoms with E-state index in [-0.39, 0.29) is 0 Å². The first-order chi connectivity index (χ1) is 9.88. The van der Waals surface area contributed by atoms with Crippen molar-refractivity contribution in [2.24, 2.45) is 0 Å². The molecule has 0 amide bonds. The van der Waals surface area contributed by atoms with Crippen molar-refractivity contribution in [1.82, 2.24) is 15.2 Å². The molecule has 2 aromatic heterocycles. The summed E-state index contributed by atoms with van der Waals surface area (Å²) in [7, 11) is 0. The minimum absolute atomic E-state index is 0.934. The number of hydrogen-bond acceptors (Lipinski definition) is 4.